The molecular formula is C19H19NO6. The van der Waals surface area contributed by atoms with Crippen molar-refractivity contribution in [2.75, 3.05) is 20.3 Å². The Morgan fingerprint density at radius 3 is 2.65 bits per heavy atom. The van der Waals surface area contributed by atoms with Crippen LogP contribution in [0.15, 0.2) is 48.5 Å². The van der Waals surface area contributed by atoms with Gasteiger partial charge in [0.1, 0.15) is 11.5 Å². The molecule has 0 aliphatic carbocycles. The lowest BCUT2D eigenvalue weighted by atomic mass is 10.2. The summed E-state index contributed by atoms with van der Waals surface area (Å²) in [6.07, 6.45) is 0.632. The SMILES string of the molecule is COc1cccc(CNC(=O)COC(=O)COc2ccccc2C=O)c1. The largest absolute Gasteiger partial charge is 0.497 e. The quantitative estimate of drug-likeness (QED) is 0.543. The first-order valence-corrected chi connectivity index (χ1v) is 7.84. The minimum atomic E-state index is -0.706. The van der Waals surface area contributed by atoms with Gasteiger partial charge in [-0.05, 0) is 29.8 Å². The minimum Gasteiger partial charge on any atom is -0.497 e. The topological polar surface area (TPSA) is 90.9 Å². The minimum absolute atomic E-state index is 0.280. The first-order valence-electron chi connectivity index (χ1n) is 7.84. The summed E-state index contributed by atoms with van der Waals surface area (Å²) in [6.45, 7) is -0.522. The van der Waals surface area contributed by atoms with E-state index < -0.39 is 25.1 Å². The highest BCUT2D eigenvalue weighted by atomic mass is 16.6. The van der Waals surface area contributed by atoms with Crippen LogP contribution in [-0.2, 0) is 20.9 Å². The Bertz CT molecular complexity index is 774. The predicted molar refractivity (Wildman–Crippen MR) is 93.1 cm³/mol. The number of benzene rings is 2. The van der Waals surface area contributed by atoms with Crippen LogP contribution in [0.3, 0.4) is 0 Å². The van der Waals surface area contributed by atoms with Gasteiger partial charge in [-0.1, -0.05) is 24.3 Å². The molecule has 7 nitrogen and oxygen atoms in total. The molecule has 0 aromatic heterocycles. The third-order valence-electron chi connectivity index (χ3n) is 3.38. The molecule has 0 radical (unpaired) electrons. The zero-order chi connectivity index (χ0) is 18.8. The van der Waals surface area contributed by atoms with Gasteiger partial charge in [-0.15, -0.1) is 0 Å². The Morgan fingerprint density at radius 2 is 1.88 bits per heavy atom. The van der Waals surface area contributed by atoms with Crippen molar-refractivity contribution < 1.29 is 28.6 Å². The average molecular weight is 357 g/mol. The number of ether oxygens (including phenoxy) is 3. The summed E-state index contributed by atoms with van der Waals surface area (Å²) in [5.74, 6) is -0.172. The Morgan fingerprint density at radius 1 is 1.08 bits per heavy atom. The van der Waals surface area contributed by atoms with Crippen LogP contribution in [0.2, 0.25) is 0 Å². The van der Waals surface area contributed by atoms with Crippen molar-refractivity contribution in [2.45, 2.75) is 6.54 Å². The van der Waals surface area contributed by atoms with Gasteiger partial charge >= 0.3 is 5.97 Å². The van der Waals surface area contributed by atoms with Crippen molar-refractivity contribution >= 4 is 18.2 Å². The van der Waals surface area contributed by atoms with Crippen molar-refractivity contribution in [1.82, 2.24) is 5.32 Å². The molecule has 0 spiro atoms. The maximum absolute atomic E-state index is 11.7. The summed E-state index contributed by atoms with van der Waals surface area (Å²) in [7, 11) is 1.56. The molecular weight excluding hydrogens is 338 g/mol. The van der Waals surface area contributed by atoms with E-state index in [4.69, 9.17) is 14.2 Å². The average Bonchev–Trinajstić information content (AvgIpc) is 2.69. The Kier molecular flexibility index (Phi) is 7.17. The fraction of sp³-hybridized carbons (Fsp3) is 0.211. The van der Waals surface area contributed by atoms with Crippen LogP contribution in [0.1, 0.15) is 15.9 Å². The molecule has 0 saturated carbocycles. The fourth-order valence-corrected chi connectivity index (χ4v) is 2.07. The smallest absolute Gasteiger partial charge is 0.344 e. The molecule has 136 valence electrons. The highest BCUT2D eigenvalue weighted by molar-refractivity contribution is 5.81. The van der Waals surface area contributed by atoms with E-state index in [0.717, 1.165) is 5.56 Å². The molecule has 1 N–H and O–H groups in total. The van der Waals surface area contributed by atoms with E-state index in [1.54, 1.807) is 43.5 Å². The van der Waals surface area contributed by atoms with E-state index >= 15 is 0 Å². The molecule has 7 heteroatoms. The molecule has 0 bridgehead atoms. The maximum Gasteiger partial charge on any atom is 0.344 e. The van der Waals surface area contributed by atoms with E-state index in [1.165, 1.54) is 0 Å². The lowest BCUT2D eigenvalue weighted by Gasteiger charge is -2.09. The molecule has 0 fully saturated rings. The van der Waals surface area contributed by atoms with Crippen LogP contribution in [0.25, 0.3) is 0 Å². The summed E-state index contributed by atoms with van der Waals surface area (Å²) in [6, 6.07) is 13.8. The molecule has 0 aliphatic rings. The summed E-state index contributed by atoms with van der Waals surface area (Å²) in [5, 5.41) is 2.64. The molecule has 0 unspecified atom stereocenters. The molecule has 0 aliphatic heterocycles. The zero-order valence-corrected chi connectivity index (χ0v) is 14.3. The third-order valence-corrected chi connectivity index (χ3v) is 3.38. The van der Waals surface area contributed by atoms with Crippen LogP contribution in [-0.4, -0.2) is 38.5 Å². The van der Waals surface area contributed by atoms with Gasteiger partial charge in [-0.25, -0.2) is 4.79 Å². The number of nitrogens with one attached hydrogen (secondary N) is 1. The second-order valence-electron chi connectivity index (χ2n) is 5.23. The number of carbonyl (C=O) groups is 3. The molecule has 2 rings (SSSR count). The Labute approximate surface area is 150 Å². The third kappa shape index (κ3) is 5.94. The molecule has 2 aromatic rings. The van der Waals surface area contributed by atoms with Gasteiger partial charge in [-0.3, -0.25) is 9.59 Å². The Balaban J connectivity index is 1.71. The summed E-state index contributed by atoms with van der Waals surface area (Å²) < 4.78 is 15.2. The lowest BCUT2D eigenvalue weighted by molar-refractivity contribution is -0.150. The lowest BCUT2D eigenvalue weighted by Crippen LogP contribution is -2.29. The van der Waals surface area contributed by atoms with Gasteiger partial charge in [0.25, 0.3) is 5.91 Å². The number of methoxy groups -OCH3 is 1. The van der Waals surface area contributed by atoms with E-state index in [-0.39, 0.29) is 12.3 Å². The number of hydrogen-bond donors (Lipinski definition) is 1. The van der Waals surface area contributed by atoms with Crippen molar-refractivity contribution in [3.05, 3.63) is 59.7 Å². The second-order valence-corrected chi connectivity index (χ2v) is 5.23. The van der Waals surface area contributed by atoms with Crippen molar-refractivity contribution in [1.29, 1.82) is 0 Å². The van der Waals surface area contributed by atoms with Gasteiger partial charge in [0.15, 0.2) is 19.5 Å². The van der Waals surface area contributed by atoms with Crippen LogP contribution in [0, 0.1) is 0 Å². The molecule has 0 atom stereocenters. The molecule has 0 heterocycles. The zero-order valence-electron chi connectivity index (χ0n) is 14.3. The van der Waals surface area contributed by atoms with Gasteiger partial charge in [0, 0.05) is 6.54 Å². The molecule has 1 amide bonds. The second kappa shape index (κ2) is 9.83. The molecule has 26 heavy (non-hydrogen) atoms. The number of esters is 1. The number of aldehydes is 1. The number of amides is 1. The molecule has 0 saturated heterocycles. The fourth-order valence-electron chi connectivity index (χ4n) is 2.07. The number of rotatable bonds is 9. The van der Waals surface area contributed by atoms with Crippen molar-refractivity contribution in [3.8, 4) is 11.5 Å². The predicted octanol–water partition coefficient (Wildman–Crippen LogP) is 1.75. The van der Waals surface area contributed by atoms with Crippen LogP contribution >= 0.6 is 0 Å². The van der Waals surface area contributed by atoms with E-state index in [0.29, 0.717) is 17.6 Å². The normalized spacial score (nSPS) is 9.88. The van der Waals surface area contributed by atoms with E-state index in [2.05, 4.69) is 5.32 Å². The highest BCUT2D eigenvalue weighted by Crippen LogP contribution is 2.15. The monoisotopic (exact) mass is 357 g/mol. The number of carbonyl (C=O) groups excluding carboxylic acids is 3. The molecule has 2 aromatic carbocycles. The van der Waals surface area contributed by atoms with Crippen LogP contribution in [0.4, 0.5) is 0 Å². The standard InChI is InChI=1S/C19H19NO6/c1-24-16-7-4-5-14(9-16)10-20-18(22)12-26-19(23)13-25-17-8-3-2-6-15(17)11-21/h2-9,11H,10,12-13H2,1H3,(H,20,22). The van der Waals surface area contributed by atoms with Gasteiger partial charge in [-0.2, -0.15) is 0 Å². The highest BCUT2D eigenvalue weighted by Gasteiger charge is 2.10. The van der Waals surface area contributed by atoms with Gasteiger partial charge in [0.2, 0.25) is 0 Å². The number of hydrogen-bond acceptors (Lipinski definition) is 6. The van der Waals surface area contributed by atoms with Gasteiger partial charge in [0.05, 0.1) is 12.7 Å². The van der Waals surface area contributed by atoms with Crippen molar-refractivity contribution in [3.63, 3.8) is 0 Å². The maximum atomic E-state index is 11.7. The summed E-state index contributed by atoms with van der Waals surface area (Å²) in [5.41, 5.74) is 1.19. The summed E-state index contributed by atoms with van der Waals surface area (Å²) >= 11 is 0. The first kappa shape index (κ1) is 19.0. The Hall–Kier alpha value is -3.35. The number of para-hydroxylation sites is 1. The first-order chi connectivity index (χ1) is 12.6. The summed E-state index contributed by atoms with van der Waals surface area (Å²) in [4.78, 5) is 34.2. The van der Waals surface area contributed by atoms with E-state index in [1.807, 2.05) is 12.1 Å². The van der Waals surface area contributed by atoms with Crippen LogP contribution < -0.4 is 14.8 Å². The van der Waals surface area contributed by atoms with Crippen LogP contribution in [0.5, 0.6) is 11.5 Å². The van der Waals surface area contributed by atoms with Crippen molar-refractivity contribution in [2.24, 2.45) is 0 Å². The van der Waals surface area contributed by atoms with Gasteiger partial charge < -0.3 is 19.5 Å². The van der Waals surface area contributed by atoms with E-state index in [9.17, 15) is 14.4 Å².